The summed E-state index contributed by atoms with van der Waals surface area (Å²) in [5, 5.41) is 9.87. The van der Waals surface area contributed by atoms with Crippen molar-refractivity contribution in [2.45, 2.75) is 20.3 Å². The Bertz CT molecular complexity index is 547. The van der Waals surface area contributed by atoms with Crippen LogP contribution in [0.5, 0.6) is 0 Å². The molecule has 17 heavy (non-hydrogen) atoms. The van der Waals surface area contributed by atoms with E-state index in [2.05, 4.69) is 25.2 Å². The van der Waals surface area contributed by atoms with Gasteiger partial charge in [0.2, 0.25) is 11.5 Å². The third-order valence-corrected chi connectivity index (χ3v) is 3.11. The molecule has 0 saturated carbocycles. The summed E-state index contributed by atoms with van der Waals surface area (Å²) in [6, 6.07) is 0. The van der Waals surface area contributed by atoms with E-state index < -0.39 is 5.91 Å². The van der Waals surface area contributed by atoms with Crippen LogP contribution in [0.25, 0.3) is 0 Å². The molecule has 0 spiro atoms. The first-order valence-corrected chi connectivity index (χ1v) is 5.79. The third-order valence-electron chi connectivity index (χ3n) is 2.18. The van der Waals surface area contributed by atoms with Crippen LogP contribution in [-0.4, -0.2) is 21.2 Å². The van der Waals surface area contributed by atoms with Crippen molar-refractivity contribution >= 4 is 28.2 Å². The summed E-state index contributed by atoms with van der Waals surface area (Å²) in [5.41, 5.74) is 6.35. The van der Waals surface area contributed by atoms with E-state index in [9.17, 15) is 4.79 Å². The molecular weight excluding hydrogens is 242 g/mol. The zero-order valence-electron chi connectivity index (χ0n) is 9.35. The minimum Gasteiger partial charge on any atom is -0.379 e. The number of aromatic nitrogens is 3. The van der Waals surface area contributed by atoms with E-state index in [4.69, 9.17) is 5.73 Å². The van der Waals surface area contributed by atoms with Crippen molar-refractivity contribution in [1.82, 2.24) is 15.3 Å². The minimum absolute atomic E-state index is 0.0316. The molecule has 0 unspecified atom stereocenters. The quantitative estimate of drug-likeness (QED) is 0.852. The fraction of sp³-hybridized carbons (Fsp3) is 0.333. The van der Waals surface area contributed by atoms with Crippen LogP contribution in [0.15, 0.2) is 4.63 Å². The predicted molar refractivity (Wildman–Crippen MR) is 62.9 cm³/mol. The van der Waals surface area contributed by atoms with Crippen molar-refractivity contribution in [3.8, 4) is 0 Å². The first-order chi connectivity index (χ1) is 8.11. The number of amides is 1. The highest BCUT2D eigenvalue weighted by atomic mass is 32.1. The van der Waals surface area contributed by atoms with Gasteiger partial charge in [0.25, 0.3) is 5.91 Å². The second-order valence-corrected chi connectivity index (χ2v) is 4.53. The van der Waals surface area contributed by atoms with E-state index in [1.165, 1.54) is 11.3 Å². The van der Waals surface area contributed by atoms with E-state index in [1.54, 1.807) is 0 Å². The molecular formula is C9H11N5O2S. The lowest BCUT2D eigenvalue weighted by atomic mass is 10.3. The Labute approximate surface area is 101 Å². The molecule has 2 aromatic rings. The highest BCUT2D eigenvalue weighted by Crippen LogP contribution is 2.23. The zero-order valence-corrected chi connectivity index (χ0v) is 10.2. The predicted octanol–water partition coefficient (Wildman–Crippen LogP) is 1.23. The van der Waals surface area contributed by atoms with Crippen molar-refractivity contribution in [2.24, 2.45) is 0 Å². The number of rotatable bonds is 3. The number of thiazole rings is 1. The molecule has 1 amide bonds. The Morgan fingerprint density at radius 1 is 1.53 bits per heavy atom. The fourth-order valence-corrected chi connectivity index (χ4v) is 2.22. The van der Waals surface area contributed by atoms with E-state index in [0.29, 0.717) is 5.13 Å². The molecule has 2 rings (SSSR count). The standard InChI is InChI=1S/C9H11N5O2S/c1-3-5-4(2)17-9(11-5)12-8(15)6-7(10)14-16-13-6/h3H2,1-2H3,(H2,10,14)(H,11,12,15). The fourth-order valence-electron chi connectivity index (χ4n) is 1.32. The maximum Gasteiger partial charge on any atom is 0.283 e. The summed E-state index contributed by atoms with van der Waals surface area (Å²) >= 11 is 1.41. The lowest BCUT2D eigenvalue weighted by molar-refractivity contribution is 0.101. The van der Waals surface area contributed by atoms with E-state index in [-0.39, 0.29) is 11.5 Å². The molecule has 2 aromatic heterocycles. The first kappa shape index (κ1) is 11.5. The Kier molecular flexibility index (Phi) is 3.05. The number of carbonyl (C=O) groups excluding carboxylic acids is 1. The average Bonchev–Trinajstić information content (AvgIpc) is 2.84. The molecule has 0 fully saturated rings. The van der Waals surface area contributed by atoms with Crippen LogP contribution in [-0.2, 0) is 6.42 Å². The minimum atomic E-state index is -0.472. The number of nitrogens with zero attached hydrogens (tertiary/aromatic N) is 3. The zero-order chi connectivity index (χ0) is 12.4. The Morgan fingerprint density at radius 3 is 2.82 bits per heavy atom. The molecule has 0 atom stereocenters. The molecule has 0 aromatic carbocycles. The molecule has 0 aliphatic heterocycles. The first-order valence-electron chi connectivity index (χ1n) is 4.97. The summed E-state index contributed by atoms with van der Waals surface area (Å²) in [6.07, 6.45) is 0.825. The van der Waals surface area contributed by atoms with Gasteiger partial charge in [-0.25, -0.2) is 9.61 Å². The summed E-state index contributed by atoms with van der Waals surface area (Å²) in [7, 11) is 0. The van der Waals surface area contributed by atoms with Gasteiger partial charge in [-0.2, -0.15) is 0 Å². The van der Waals surface area contributed by atoms with Crippen molar-refractivity contribution in [3.63, 3.8) is 0 Å². The monoisotopic (exact) mass is 253 g/mol. The van der Waals surface area contributed by atoms with Gasteiger partial charge in [-0.3, -0.25) is 10.1 Å². The van der Waals surface area contributed by atoms with Crippen molar-refractivity contribution in [1.29, 1.82) is 0 Å². The van der Waals surface area contributed by atoms with Crippen LogP contribution in [0, 0.1) is 6.92 Å². The van der Waals surface area contributed by atoms with Gasteiger partial charge in [-0.05, 0) is 23.7 Å². The number of nitrogens with two attached hydrogens (primary N) is 1. The van der Waals surface area contributed by atoms with Gasteiger partial charge in [0, 0.05) is 4.88 Å². The Hall–Kier alpha value is -1.96. The number of anilines is 2. The number of aryl methyl sites for hydroxylation is 2. The van der Waals surface area contributed by atoms with Gasteiger partial charge < -0.3 is 5.73 Å². The molecule has 2 heterocycles. The van der Waals surface area contributed by atoms with Gasteiger partial charge in [0.1, 0.15) is 0 Å². The second-order valence-electron chi connectivity index (χ2n) is 3.33. The molecule has 8 heteroatoms. The van der Waals surface area contributed by atoms with E-state index in [0.717, 1.165) is 17.0 Å². The molecule has 90 valence electrons. The van der Waals surface area contributed by atoms with E-state index in [1.807, 2.05) is 13.8 Å². The molecule has 0 aliphatic carbocycles. The highest BCUT2D eigenvalue weighted by molar-refractivity contribution is 7.15. The molecule has 0 saturated heterocycles. The summed E-state index contributed by atoms with van der Waals surface area (Å²) in [4.78, 5) is 17.1. The van der Waals surface area contributed by atoms with Crippen molar-refractivity contribution < 1.29 is 9.42 Å². The maximum atomic E-state index is 11.7. The lowest BCUT2D eigenvalue weighted by Crippen LogP contribution is -2.14. The number of nitrogen functional groups attached to an aromatic ring is 1. The van der Waals surface area contributed by atoms with Crippen LogP contribution >= 0.6 is 11.3 Å². The Morgan fingerprint density at radius 2 is 2.29 bits per heavy atom. The number of nitrogens with one attached hydrogen (secondary N) is 1. The molecule has 0 bridgehead atoms. The highest BCUT2D eigenvalue weighted by Gasteiger charge is 2.17. The van der Waals surface area contributed by atoms with Gasteiger partial charge in [0.05, 0.1) is 5.69 Å². The summed E-state index contributed by atoms with van der Waals surface area (Å²) in [6.45, 7) is 3.96. The van der Waals surface area contributed by atoms with Gasteiger partial charge in [-0.1, -0.05) is 6.92 Å². The summed E-state index contributed by atoms with van der Waals surface area (Å²) < 4.78 is 4.35. The molecule has 0 radical (unpaired) electrons. The number of hydrogen-bond donors (Lipinski definition) is 2. The third kappa shape index (κ3) is 2.26. The van der Waals surface area contributed by atoms with E-state index >= 15 is 0 Å². The summed E-state index contributed by atoms with van der Waals surface area (Å²) in [5.74, 6) is -0.508. The van der Waals surface area contributed by atoms with Gasteiger partial charge in [0.15, 0.2) is 5.13 Å². The van der Waals surface area contributed by atoms with Gasteiger partial charge >= 0.3 is 0 Å². The SMILES string of the molecule is CCc1nc(NC(=O)c2nonc2N)sc1C. The lowest BCUT2D eigenvalue weighted by Gasteiger charge is -1.96. The van der Waals surface area contributed by atoms with Gasteiger partial charge in [-0.15, -0.1) is 11.3 Å². The van der Waals surface area contributed by atoms with Crippen molar-refractivity contribution in [3.05, 3.63) is 16.3 Å². The molecule has 3 N–H and O–H groups in total. The number of hydrogen-bond acceptors (Lipinski definition) is 7. The second kappa shape index (κ2) is 4.50. The van der Waals surface area contributed by atoms with Crippen LogP contribution in [0.4, 0.5) is 10.9 Å². The topological polar surface area (TPSA) is 107 Å². The molecule has 0 aliphatic rings. The van der Waals surface area contributed by atoms with Crippen LogP contribution in [0.1, 0.15) is 28.0 Å². The Balaban J connectivity index is 2.16. The smallest absolute Gasteiger partial charge is 0.283 e. The number of carbonyl (C=O) groups is 1. The van der Waals surface area contributed by atoms with Crippen LogP contribution in [0.3, 0.4) is 0 Å². The largest absolute Gasteiger partial charge is 0.379 e. The maximum absolute atomic E-state index is 11.7. The normalized spacial score (nSPS) is 10.5. The van der Waals surface area contributed by atoms with Crippen molar-refractivity contribution in [2.75, 3.05) is 11.1 Å². The molecule has 7 nitrogen and oxygen atoms in total. The van der Waals surface area contributed by atoms with Crippen LogP contribution < -0.4 is 11.1 Å². The van der Waals surface area contributed by atoms with Crippen LogP contribution in [0.2, 0.25) is 0 Å². The average molecular weight is 253 g/mol.